The molecule has 1 aromatic carbocycles. The molecule has 0 radical (unpaired) electrons. The molecule has 138 valence electrons. The number of hydrogen-bond acceptors (Lipinski definition) is 3. The number of rotatable bonds is 5. The molecule has 2 aliphatic heterocycles. The van der Waals surface area contributed by atoms with Crippen LogP contribution in [0.2, 0.25) is 0 Å². The molecule has 2 amide bonds. The van der Waals surface area contributed by atoms with Crippen LogP contribution < -0.4 is 10.6 Å². The van der Waals surface area contributed by atoms with Gasteiger partial charge in [-0.2, -0.15) is 0 Å². The number of nitrogens with zero attached hydrogens (tertiary/aromatic N) is 1. The molecular weight excluding hydrogens is 338 g/mol. The molecule has 6 heteroatoms. The molecule has 1 aromatic rings. The normalized spacial score (nSPS) is 17.8. The fourth-order valence-electron chi connectivity index (χ4n) is 3.46. The third-order valence-corrected chi connectivity index (χ3v) is 5.02. The van der Waals surface area contributed by atoms with Crippen molar-refractivity contribution < 1.29 is 9.59 Å². The van der Waals surface area contributed by atoms with Crippen LogP contribution >= 0.6 is 12.4 Å². The first-order valence-electron chi connectivity index (χ1n) is 9.11. The van der Waals surface area contributed by atoms with Crippen molar-refractivity contribution in [2.45, 2.75) is 38.5 Å². The minimum absolute atomic E-state index is 0. The lowest BCUT2D eigenvalue weighted by atomic mass is 9.97. The number of carbonyl (C=O) groups excluding carboxylic acids is 2. The molecule has 0 atom stereocenters. The fraction of sp³-hybridized carbons (Fsp3) is 0.579. The van der Waals surface area contributed by atoms with E-state index in [-0.39, 0.29) is 30.1 Å². The van der Waals surface area contributed by atoms with Crippen LogP contribution in [0.4, 0.5) is 5.69 Å². The zero-order valence-corrected chi connectivity index (χ0v) is 15.4. The van der Waals surface area contributed by atoms with Gasteiger partial charge in [-0.3, -0.25) is 9.59 Å². The van der Waals surface area contributed by atoms with Gasteiger partial charge in [0.25, 0.3) is 0 Å². The van der Waals surface area contributed by atoms with Crippen LogP contribution in [0.5, 0.6) is 0 Å². The number of hydrogen-bond donors (Lipinski definition) is 2. The van der Waals surface area contributed by atoms with Crippen LogP contribution in [0, 0.1) is 5.92 Å². The number of piperidine rings is 1. The Hall–Kier alpha value is -1.59. The first kappa shape index (κ1) is 19.7. The van der Waals surface area contributed by atoms with Gasteiger partial charge in [-0.25, -0.2) is 0 Å². The van der Waals surface area contributed by atoms with Gasteiger partial charge in [0.15, 0.2) is 0 Å². The number of anilines is 1. The van der Waals surface area contributed by atoms with Crippen molar-refractivity contribution in [3.05, 3.63) is 29.8 Å². The minimum Gasteiger partial charge on any atom is -0.343 e. The number of benzene rings is 1. The molecule has 0 aliphatic carbocycles. The van der Waals surface area contributed by atoms with Crippen molar-refractivity contribution in [2.75, 3.05) is 31.5 Å². The molecule has 0 saturated carbocycles. The van der Waals surface area contributed by atoms with Crippen molar-refractivity contribution in [1.29, 1.82) is 0 Å². The number of halogens is 1. The maximum Gasteiger partial charge on any atom is 0.227 e. The van der Waals surface area contributed by atoms with Gasteiger partial charge in [0.2, 0.25) is 11.8 Å². The van der Waals surface area contributed by atoms with E-state index in [1.54, 1.807) is 0 Å². The lowest BCUT2D eigenvalue weighted by Gasteiger charge is -2.21. The van der Waals surface area contributed by atoms with Crippen LogP contribution in [0.25, 0.3) is 0 Å². The third-order valence-electron chi connectivity index (χ3n) is 5.02. The Balaban J connectivity index is 0.00000225. The summed E-state index contributed by atoms with van der Waals surface area (Å²) in [5, 5.41) is 6.28. The molecular formula is C19H28ClN3O2. The van der Waals surface area contributed by atoms with Gasteiger partial charge in [-0.15, -0.1) is 12.4 Å². The maximum atomic E-state index is 12.2. The fourth-order valence-corrected chi connectivity index (χ4v) is 3.46. The molecule has 2 N–H and O–H groups in total. The smallest absolute Gasteiger partial charge is 0.227 e. The van der Waals surface area contributed by atoms with E-state index in [2.05, 4.69) is 10.6 Å². The highest BCUT2D eigenvalue weighted by atomic mass is 35.5. The highest BCUT2D eigenvalue weighted by Crippen LogP contribution is 2.17. The summed E-state index contributed by atoms with van der Waals surface area (Å²) in [6.45, 7) is 3.67. The summed E-state index contributed by atoms with van der Waals surface area (Å²) in [4.78, 5) is 26.3. The Morgan fingerprint density at radius 2 is 1.72 bits per heavy atom. The summed E-state index contributed by atoms with van der Waals surface area (Å²) in [7, 11) is 0. The zero-order valence-electron chi connectivity index (χ0n) is 14.6. The lowest BCUT2D eigenvalue weighted by molar-refractivity contribution is -0.130. The second-order valence-corrected chi connectivity index (χ2v) is 6.80. The number of aryl methyl sites for hydroxylation is 1. The van der Waals surface area contributed by atoms with Gasteiger partial charge in [0.05, 0.1) is 0 Å². The number of likely N-dealkylation sites (tertiary alicyclic amines) is 1. The van der Waals surface area contributed by atoms with Crippen molar-refractivity contribution in [2.24, 2.45) is 5.92 Å². The highest BCUT2D eigenvalue weighted by molar-refractivity contribution is 5.92. The summed E-state index contributed by atoms with van der Waals surface area (Å²) in [6, 6.07) is 7.90. The lowest BCUT2D eigenvalue weighted by Crippen LogP contribution is -2.34. The van der Waals surface area contributed by atoms with Gasteiger partial charge in [-0.1, -0.05) is 12.1 Å². The monoisotopic (exact) mass is 365 g/mol. The SMILES string of the molecule is Cl.O=C(Nc1ccc(CCC(=O)N2CCCC2)cc1)C1CCNCC1. The number of nitrogens with one attached hydrogen (secondary N) is 2. The van der Waals surface area contributed by atoms with Crippen LogP contribution in [0.1, 0.15) is 37.7 Å². The van der Waals surface area contributed by atoms with Crippen LogP contribution in [-0.4, -0.2) is 42.9 Å². The summed E-state index contributed by atoms with van der Waals surface area (Å²) < 4.78 is 0. The molecule has 0 bridgehead atoms. The first-order valence-corrected chi connectivity index (χ1v) is 9.11. The van der Waals surface area contributed by atoms with Gasteiger partial charge in [0.1, 0.15) is 0 Å². The average Bonchev–Trinajstić information content (AvgIpc) is 3.16. The van der Waals surface area contributed by atoms with Crippen molar-refractivity contribution in [3.8, 4) is 0 Å². The van der Waals surface area contributed by atoms with Gasteiger partial charge in [0, 0.05) is 31.1 Å². The van der Waals surface area contributed by atoms with Gasteiger partial charge < -0.3 is 15.5 Å². The van der Waals surface area contributed by atoms with Crippen molar-refractivity contribution in [3.63, 3.8) is 0 Å². The molecule has 2 saturated heterocycles. The van der Waals surface area contributed by atoms with E-state index in [1.165, 1.54) is 0 Å². The quantitative estimate of drug-likeness (QED) is 0.843. The second-order valence-electron chi connectivity index (χ2n) is 6.80. The first-order chi connectivity index (χ1) is 11.7. The average molecular weight is 366 g/mol. The second kappa shape index (κ2) is 9.78. The Bertz CT molecular complexity index is 565. The van der Waals surface area contributed by atoms with Crippen molar-refractivity contribution >= 4 is 29.9 Å². The van der Waals surface area contributed by atoms with E-state index in [4.69, 9.17) is 0 Å². The van der Waals surface area contributed by atoms with Crippen molar-refractivity contribution in [1.82, 2.24) is 10.2 Å². The van der Waals surface area contributed by atoms with Crippen LogP contribution in [0.15, 0.2) is 24.3 Å². The van der Waals surface area contributed by atoms with E-state index in [0.29, 0.717) is 6.42 Å². The van der Waals surface area contributed by atoms with E-state index in [1.807, 2.05) is 29.2 Å². The summed E-state index contributed by atoms with van der Waals surface area (Å²) >= 11 is 0. The Labute approximate surface area is 155 Å². The number of amides is 2. The molecule has 2 fully saturated rings. The number of carbonyl (C=O) groups is 2. The third kappa shape index (κ3) is 5.72. The van der Waals surface area contributed by atoms with E-state index in [9.17, 15) is 9.59 Å². The summed E-state index contributed by atoms with van der Waals surface area (Å²) in [5.41, 5.74) is 1.98. The van der Waals surface area contributed by atoms with E-state index < -0.39 is 0 Å². The molecule has 25 heavy (non-hydrogen) atoms. The molecule has 5 nitrogen and oxygen atoms in total. The van der Waals surface area contributed by atoms with E-state index in [0.717, 1.165) is 69.5 Å². The molecule has 0 spiro atoms. The molecule has 0 unspecified atom stereocenters. The maximum absolute atomic E-state index is 12.2. The predicted octanol–water partition coefficient (Wildman–Crippen LogP) is 2.60. The minimum atomic E-state index is 0. The predicted molar refractivity (Wildman–Crippen MR) is 102 cm³/mol. The van der Waals surface area contributed by atoms with E-state index >= 15 is 0 Å². The Morgan fingerprint density at radius 1 is 1.08 bits per heavy atom. The Kier molecular flexibility index (Phi) is 7.72. The van der Waals surface area contributed by atoms with Crippen LogP contribution in [0.3, 0.4) is 0 Å². The van der Waals surface area contributed by atoms with Gasteiger partial charge in [-0.05, 0) is 62.9 Å². The largest absolute Gasteiger partial charge is 0.343 e. The molecule has 3 rings (SSSR count). The standard InChI is InChI=1S/C19H27N3O2.ClH/c23-18(22-13-1-2-14-22)8-5-15-3-6-17(7-4-15)21-19(24)16-9-11-20-12-10-16;/h3-4,6-7,16,20H,1-2,5,8-14H2,(H,21,24);1H. The molecule has 2 aliphatic rings. The zero-order chi connectivity index (χ0) is 16.8. The molecule has 2 heterocycles. The summed E-state index contributed by atoms with van der Waals surface area (Å²) in [6.07, 6.45) is 5.41. The van der Waals surface area contributed by atoms with Gasteiger partial charge >= 0.3 is 0 Å². The summed E-state index contributed by atoms with van der Waals surface area (Å²) in [5.74, 6) is 0.494. The highest BCUT2D eigenvalue weighted by Gasteiger charge is 2.21. The molecule has 0 aromatic heterocycles. The topological polar surface area (TPSA) is 61.4 Å². The van der Waals surface area contributed by atoms with Crippen LogP contribution in [-0.2, 0) is 16.0 Å². The Morgan fingerprint density at radius 3 is 2.36 bits per heavy atom.